The molecule has 5 rings (SSSR count). The van der Waals surface area contributed by atoms with Gasteiger partial charge in [-0.25, -0.2) is 9.97 Å². The largest absolute Gasteiger partial charge is 0.416 e. The summed E-state index contributed by atoms with van der Waals surface area (Å²) in [4.78, 5) is 23.3. The smallest absolute Gasteiger partial charge is 0.382 e. The Labute approximate surface area is 175 Å². The number of hydrogen-bond donors (Lipinski definition) is 1. The Morgan fingerprint density at radius 2 is 2.00 bits per heavy atom. The molecule has 0 saturated heterocycles. The van der Waals surface area contributed by atoms with Gasteiger partial charge in [-0.1, -0.05) is 6.07 Å². The number of imidazole rings is 1. The van der Waals surface area contributed by atoms with Crippen molar-refractivity contribution in [1.29, 1.82) is 0 Å². The fourth-order valence-electron chi connectivity index (χ4n) is 4.33. The SMILES string of the molecule is CN(C(=O)c1ccc2nc(N)c3cncn3c2c1)C1CCc2cc(C(F)(F)F)ccc21. The molecule has 2 heterocycles. The van der Waals surface area contributed by atoms with E-state index >= 15 is 0 Å². The number of halogens is 3. The Bertz CT molecular complexity index is 1340. The van der Waals surface area contributed by atoms with Crippen LogP contribution in [0, 0.1) is 0 Å². The highest BCUT2D eigenvalue weighted by molar-refractivity contribution is 5.98. The summed E-state index contributed by atoms with van der Waals surface area (Å²) in [7, 11) is 1.68. The second-order valence-corrected chi connectivity index (χ2v) is 7.73. The van der Waals surface area contributed by atoms with Crippen LogP contribution in [0.25, 0.3) is 16.6 Å². The molecule has 1 aliphatic rings. The number of nitrogens with zero attached hydrogens (tertiary/aromatic N) is 4. The van der Waals surface area contributed by atoms with Gasteiger partial charge >= 0.3 is 6.18 Å². The summed E-state index contributed by atoms with van der Waals surface area (Å²) in [6.45, 7) is 0. The summed E-state index contributed by atoms with van der Waals surface area (Å²) in [5, 5.41) is 0. The van der Waals surface area contributed by atoms with Crippen molar-refractivity contribution < 1.29 is 18.0 Å². The van der Waals surface area contributed by atoms with E-state index < -0.39 is 11.7 Å². The molecule has 9 heteroatoms. The topological polar surface area (TPSA) is 76.5 Å². The van der Waals surface area contributed by atoms with Crippen LogP contribution in [-0.2, 0) is 12.6 Å². The number of aryl methyl sites for hydroxylation is 1. The van der Waals surface area contributed by atoms with Crippen molar-refractivity contribution in [3.05, 3.63) is 71.2 Å². The average Bonchev–Trinajstić information content (AvgIpc) is 3.39. The van der Waals surface area contributed by atoms with Crippen molar-refractivity contribution in [2.45, 2.75) is 25.1 Å². The predicted octanol–water partition coefficient (Wildman–Crippen LogP) is 4.24. The zero-order chi connectivity index (χ0) is 21.9. The lowest BCUT2D eigenvalue weighted by atomic mass is 10.0. The van der Waals surface area contributed by atoms with Gasteiger partial charge in [-0.3, -0.25) is 9.20 Å². The fourth-order valence-corrected chi connectivity index (χ4v) is 4.33. The molecule has 0 saturated carbocycles. The minimum absolute atomic E-state index is 0.218. The summed E-state index contributed by atoms with van der Waals surface area (Å²) in [5.41, 5.74) is 9.13. The van der Waals surface area contributed by atoms with Gasteiger partial charge in [0, 0.05) is 12.6 Å². The number of hydrogen-bond acceptors (Lipinski definition) is 4. The third-order valence-electron chi connectivity index (χ3n) is 5.93. The van der Waals surface area contributed by atoms with Crippen molar-refractivity contribution in [3.8, 4) is 0 Å². The van der Waals surface area contributed by atoms with Gasteiger partial charge in [-0.05, 0) is 54.3 Å². The van der Waals surface area contributed by atoms with Crippen LogP contribution >= 0.6 is 0 Å². The molecular weight excluding hydrogens is 407 g/mol. The molecule has 0 radical (unpaired) electrons. The molecule has 2 aromatic carbocycles. The molecule has 0 spiro atoms. The van der Waals surface area contributed by atoms with Crippen LogP contribution in [0.1, 0.15) is 39.5 Å². The molecule has 2 N–H and O–H groups in total. The molecule has 1 amide bonds. The molecule has 4 aromatic rings. The second kappa shape index (κ2) is 6.69. The first-order valence-corrected chi connectivity index (χ1v) is 9.72. The first kappa shape index (κ1) is 19.3. The molecule has 1 atom stereocenters. The van der Waals surface area contributed by atoms with Crippen molar-refractivity contribution in [2.75, 3.05) is 12.8 Å². The highest BCUT2D eigenvalue weighted by Gasteiger charge is 2.34. The molecule has 1 aliphatic carbocycles. The number of nitrogens with two attached hydrogens (primary N) is 1. The third-order valence-corrected chi connectivity index (χ3v) is 5.93. The Balaban J connectivity index is 1.49. The maximum atomic E-state index is 13.2. The number of alkyl halides is 3. The van der Waals surface area contributed by atoms with Gasteiger partial charge in [-0.15, -0.1) is 0 Å². The van der Waals surface area contributed by atoms with E-state index in [0.29, 0.717) is 46.3 Å². The van der Waals surface area contributed by atoms with Crippen molar-refractivity contribution in [1.82, 2.24) is 19.3 Å². The summed E-state index contributed by atoms with van der Waals surface area (Å²) >= 11 is 0. The van der Waals surface area contributed by atoms with Crippen LogP contribution < -0.4 is 5.73 Å². The first-order valence-electron chi connectivity index (χ1n) is 9.72. The second-order valence-electron chi connectivity index (χ2n) is 7.73. The quantitative estimate of drug-likeness (QED) is 0.521. The highest BCUT2D eigenvalue weighted by atomic mass is 19.4. The molecule has 31 heavy (non-hydrogen) atoms. The van der Waals surface area contributed by atoms with E-state index in [9.17, 15) is 18.0 Å². The van der Waals surface area contributed by atoms with E-state index in [2.05, 4.69) is 9.97 Å². The molecule has 158 valence electrons. The standard InChI is InChI=1S/C22H18F3N5O/c1-29(17-7-3-12-8-14(22(23,24)25)4-5-15(12)17)21(31)13-2-6-16-18(9-13)30-11-27-10-19(30)20(26)28-16/h2,4-6,8-11,17H,3,7H2,1H3,(H2,26,28). The van der Waals surface area contributed by atoms with Gasteiger partial charge in [0.1, 0.15) is 11.3 Å². The number of carbonyl (C=O) groups is 1. The Morgan fingerprint density at radius 1 is 1.19 bits per heavy atom. The van der Waals surface area contributed by atoms with Gasteiger partial charge in [0.2, 0.25) is 0 Å². The Morgan fingerprint density at radius 3 is 2.77 bits per heavy atom. The molecule has 0 aliphatic heterocycles. The fraction of sp³-hybridized carbons (Fsp3) is 0.227. The van der Waals surface area contributed by atoms with E-state index in [0.717, 1.165) is 11.6 Å². The molecular formula is C22H18F3N5O. The van der Waals surface area contributed by atoms with E-state index in [-0.39, 0.29) is 11.9 Å². The summed E-state index contributed by atoms with van der Waals surface area (Å²) in [6, 6.07) is 8.62. The maximum Gasteiger partial charge on any atom is 0.416 e. The summed E-state index contributed by atoms with van der Waals surface area (Å²) in [6.07, 6.45) is -0.0867. The van der Waals surface area contributed by atoms with Crippen molar-refractivity contribution >= 4 is 28.3 Å². The van der Waals surface area contributed by atoms with Crippen LogP contribution in [0.5, 0.6) is 0 Å². The maximum absolute atomic E-state index is 13.2. The summed E-state index contributed by atoms with van der Waals surface area (Å²) in [5.74, 6) is 0.131. The van der Waals surface area contributed by atoms with Crippen LogP contribution in [-0.4, -0.2) is 32.2 Å². The van der Waals surface area contributed by atoms with Crippen LogP contribution in [0.15, 0.2) is 48.9 Å². The number of anilines is 1. The van der Waals surface area contributed by atoms with E-state index in [1.807, 2.05) is 0 Å². The van der Waals surface area contributed by atoms with Gasteiger partial charge in [0.25, 0.3) is 5.91 Å². The lowest BCUT2D eigenvalue weighted by molar-refractivity contribution is -0.137. The molecule has 2 aromatic heterocycles. The van der Waals surface area contributed by atoms with Crippen LogP contribution in [0.3, 0.4) is 0 Å². The number of aromatic nitrogens is 3. The van der Waals surface area contributed by atoms with E-state index in [4.69, 9.17) is 5.73 Å². The predicted molar refractivity (Wildman–Crippen MR) is 110 cm³/mol. The van der Waals surface area contributed by atoms with Gasteiger partial charge < -0.3 is 10.6 Å². The van der Waals surface area contributed by atoms with Crippen molar-refractivity contribution in [2.24, 2.45) is 0 Å². The lowest BCUT2D eigenvalue weighted by Crippen LogP contribution is -2.30. The number of nitrogen functional groups attached to an aromatic ring is 1. The molecule has 0 bridgehead atoms. The molecule has 1 unspecified atom stereocenters. The Kier molecular flexibility index (Phi) is 4.18. The normalized spacial score (nSPS) is 16.1. The molecule has 0 fully saturated rings. The van der Waals surface area contributed by atoms with Crippen LogP contribution in [0.4, 0.5) is 19.0 Å². The number of rotatable bonds is 2. The number of carbonyl (C=O) groups excluding carboxylic acids is 1. The van der Waals surface area contributed by atoms with E-state index in [1.165, 1.54) is 12.1 Å². The highest BCUT2D eigenvalue weighted by Crippen LogP contribution is 2.39. The summed E-state index contributed by atoms with van der Waals surface area (Å²) < 4.78 is 40.8. The minimum Gasteiger partial charge on any atom is -0.382 e. The van der Waals surface area contributed by atoms with Gasteiger partial charge in [-0.2, -0.15) is 13.2 Å². The average molecular weight is 425 g/mol. The van der Waals surface area contributed by atoms with Gasteiger partial charge in [0.15, 0.2) is 0 Å². The lowest BCUT2D eigenvalue weighted by Gasteiger charge is -2.26. The minimum atomic E-state index is -4.38. The van der Waals surface area contributed by atoms with E-state index in [1.54, 1.807) is 47.1 Å². The number of fused-ring (bicyclic) bond motifs is 4. The first-order chi connectivity index (χ1) is 14.7. The monoisotopic (exact) mass is 425 g/mol. The number of amides is 1. The Hall–Kier alpha value is -3.62. The zero-order valence-electron chi connectivity index (χ0n) is 16.5. The third kappa shape index (κ3) is 3.08. The molecule has 6 nitrogen and oxygen atoms in total. The number of benzene rings is 2. The van der Waals surface area contributed by atoms with Crippen LogP contribution in [0.2, 0.25) is 0 Å². The zero-order valence-corrected chi connectivity index (χ0v) is 16.5. The van der Waals surface area contributed by atoms with Gasteiger partial charge in [0.05, 0.1) is 35.2 Å². The van der Waals surface area contributed by atoms with Crippen molar-refractivity contribution in [3.63, 3.8) is 0 Å².